The minimum absolute atomic E-state index is 0.00792. The molecule has 3 aromatic rings. The van der Waals surface area contributed by atoms with Gasteiger partial charge < -0.3 is 15.7 Å². The summed E-state index contributed by atoms with van der Waals surface area (Å²) in [4.78, 5) is 24.6. The van der Waals surface area contributed by atoms with Gasteiger partial charge in [-0.2, -0.15) is 0 Å². The number of fused-ring (bicyclic) bond motifs is 1. The third-order valence-corrected chi connectivity index (χ3v) is 8.25. The fourth-order valence-corrected chi connectivity index (χ4v) is 5.29. The fourth-order valence-electron chi connectivity index (χ4n) is 4.29. The monoisotopic (exact) mass is 469 g/mol. The van der Waals surface area contributed by atoms with Crippen LogP contribution in [0.5, 0.6) is 5.75 Å². The molecule has 3 N–H and O–H groups in total. The third-order valence-electron chi connectivity index (χ3n) is 6.40. The Labute approximate surface area is 192 Å². The zero-order chi connectivity index (χ0) is 24.1. The van der Waals surface area contributed by atoms with Crippen molar-refractivity contribution in [1.29, 1.82) is 0 Å². The van der Waals surface area contributed by atoms with E-state index in [0.717, 1.165) is 22.7 Å². The molecule has 0 amide bonds. The molecule has 1 unspecified atom stereocenters. The Morgan fingerprint density at radius 2 is 1.67 bits per heavy atom. The molecule has 0 aromatic heterocycles. The Hall–Kier alpha value is -3.17. The molecule has 0 saturated carbocycles. The summed E-state index contributed by atoms with van der Waals surface area (Å²) in [6.07, 6.45) is 1.84. The lowest BCUT2D eigenvalue weighted by Crippen LogP contribution is -2.41. The Bertz CT molecular complexity index is 1400. The average molecular weight is 470 g/mol. The number of benzene rings is 2. The summed E-state index contributed by atoms with van der Waals surface area (Å²) >= 11 is 0. The first kappa shape index (κ1) is 23.0. The normalized spacial score (nSPS) is 17.7. The Morgan fingerprint density at radius 1 is 1.00 bits per heavy atom. The number of anilines is 3. The highest BCUT2D eigenvalue weighted by Crippen LogP contribution is 2.46. The number of rotatable bonds is 6. The van der Waals surface area contributed by atoms with Crippen LogP contribution in [-0.4, -0.2) is 31.9 Å². The van der Waals surface area contributed by atoms with Crippen LogP contribution in [0.3, 0.4) is 0 Å². The van der Waals surface area contributed by atoms with E-state index in [-0.39, 0.29) is 33.4 Å². The zero-order valence-electron chi connectivity index (χ0n) is 19.0. The van der Waals surface area contributed by atoms with E-state index in [0.29, 0.717) is 0 Å². The number of para-hydroxylation sites is 1. The maximum Gasteiger partial charge on any atom is 0.253 e. The number of sulfonamides is 1. The van der Waals surface area contributed by atoms with Gasteiger partial charge in [0.25, 0.3) is 10.9 Å². The smallest absolute Gasteiger partial charge is 0.253 e. The van der Waals surface area contributed by atoms with Crippen LogP contribution in [0, 0.1) is 5.41 Å². The molecule has 0 spiro atoms. The summed E-state index contributed by atoms with van der Waals surface area (Å²) in [6.45, 7) is 4.22. The van der Waals surface area contributed by atoms with Crippen molar-refractivity contribution in [3.05, 3.63) is 74.0 Å². The van der Waals surface area contributed by atoms with E-state index in [9.17, 15) is 23.1 Å². The molecule has 1 atom stereocenters. The SMILES string of the molecule is CN(C)S(=O)(=O)c1cccc(Nc2c(NC3c4ccccc4CCC3(C)C)c(=O)c2=O)c1O. The summed E-state index contributed by atoms with van der Waals surface area (Å²) < 4.78 is 26.0. The Balaban J connectivity index is 1.71. The average Bonchev–Trinajstić information content (AvgIpc) is 2.77. The summed E-state index contributed by atoms with van der Waals surface area (Å²) in [5.74, 6) is -0.520. The van der Waals surface area contributed by atoms with Crippen LogP contribution in [0.4, 0.5) is 17.1 Å². The second-order valence-electron chi connectivity index (χ2n) is 9.24. The number of hydrogen-bond acceptors (Lipinski definition) is 7. The molecule has 33 heavy (non-hydrogen) atoms. The van der Waals surface area contributed by atoms with Gasteiger partial charge in [-0.25, -0.2) is 12.7 Å². The highest BCUT2D eigenvalue weighted by Gasteiger charge is 2.38. The lowest BCUT2D eigenvalue weighted by Gasteiger charge is -2.41. The van der Waals surface area contributed by atoms with E-state index >= 15 is 0 Å². The molecule has 4 rings (SSSR count). The number of hydrogen-bond donors (Lipinski definition) is 3. The van der Waals surface area contributed by atoms with E-state index in [1.165, 1.54) is 37.9 Å². The van der Waals surface area contributed by atoms with Crippen LogP contribution in [0.2, 0.25) is 0 Å². The van der Waals surface area contributed by atoms with Crippen LogP contribution >= 0.6 is 0 Å². The number of aryl methyl sites for hydroxylation is 1. The van der Waals surface area contributed by atoms with Crippen molar-refractivity contribution in [3.8, 4) is 5.75 Å². The molecular weight excluding hydrogens is 442 g/mol. The molecule has 0 saturated heterocycles. The number of nitrogens with one attached hydrogen (secondary N) is 2. The van der Waals surface area contributed by atoms with Gasteiger partial charge in [-0.15, -0.1) is 0 Å². The van der Waals surface area contributed by atoms with Crippen LogP contribution < -0.4 is 21.5 Å². The molecule has 1 aliphatic rings. The zero-order valence-corrected chi connectivity index (χ0v) is 19.8. The van der Waals surface area contributed by atoms with Crippen molar-refractivity contribution in [1.82, 2.24) is 4.31 Å². The molecule has 3 aromatic carbocycles. The van der Waals surface area contributed by atoms with Crippen molar-refractivity contribution in [2.75, 3.05) is 24.7 Å². The van der Waals surface area contributed by atoms with Gasteiger partial charge >= 0.3 is 0 Å². The van der Waals surface area contributed by atoms with Crippen molar-refractivity contribution in [2.45, 2.75) is 37.6 Å². The molecule has 1 aliphatic carbocycles. The maximum atomic E-state index is 12.5. The quantitative estimate of drug-likeness (QED) is 0.375. The molecule has 0 heterocycles. The molecule has 8 nitrogen and oxygen atoms in total. The molecule has 0 radical (unpaired) electrons. The van der Waals surface area contributed by atoms with Gasteiger partial charge in [0.1, 0.15) is 16.3 Å². The van der Waals surface area contributed by atoms with E-state index in [1.807, 2.05) is 18.2 Å². The van der Waals surface area contributed by atoms with Crippen molar-refractivity contribution in [3.63, 3.8) is 0 Å². The summed E-state index contributed by atoms with van der Waals surface area (Å²) in [6, 6.07) is 12.0. The first-order chi connectivity index (χ1) is 15.4. The predicted octanol–water partition coefficient (Wildman–Crippen LogP) is 3.11. The third kappa shape index (κ3) is 3.81. The largest absolute Gasteiger partial charge is 0.504 e. The molecule has 0 bridgehead atoms. The number of aromatic hydroxyl groups is 1. The van der Waals surface area contributed by atoms with E-state index in [4.69, 9.17) is 0 Å². The first-order valence-electron chi connectivity index (χ1n) is 10.6. The van der Waals surface area contributed by atoms with Gasteiger partial charge in [0.2, 0.25) is 10.0 Å². The Kier molecular flexibility index (Phi) is 5.58. The van der Waals surface area contributed by atoms with Gasteiger partial charge in [-0.05, 0) is 41.5 Å². The van der Waals surface area contributed by atoms with E-state index < -0.39 is 26.6 Å². The maximum absolute atomic E-state index is 12.5. The highest BCUT2D eigenvalue weighted by atomic mass is 32.2. The minimum Gasteiger partial charge on any atom is -0.504 e. The molecule has 9 heteroatoms. The van der Waals surface area contributed by atoms with Crippen molar-refractivity contribution in [2.24, 2.45) is 5.41 Å². The summed E-state index contributed by atoms with van der Waals surface area (Å²) in [5.41, 5.74) is 0.900. The second-order valence-corrected chi connectivity index (χ2v) is 11.4. The van der Waals surface area contributed by atoms with Crippen LogP contribution in [0.15, 0.2) is 56.9 Å². The van der Waals surface area contributed by atoms with Crippen LogP contribution in [-0.2, 0) is 16.4 Å². The number of phenols is 1. The van der Waals surface area contributed by atoms with Gasteiger partial charge in [0, 0.05) is 14.1 Å². The lowest BCUT2D eigenvalue weighted by atomic mass is 9.70. The predicted molar refractivity (Wildman–Crippen MR) is 129 cm³/mol. The lowest BCUT2D eigenvalue weighted by molar-refractivity contribution is 0.265. The fraction of sp³-hybridized carbons (Fsp3) is 0.333. The van der Waals surface area contributed by atoms with Gasteiger partial charge in [-0.3, -0.25) is 9.59 Å². The van der Waals surface area contributed by atoms with E-state index in [1.54, 1.807) is 0 Å². The summed E-state index contributed by atoms with van der Waals surface area (Å²) in [5, 5.41) is 16.7. The van der Waals surface area contributed by atoms with Crippen molar-refractivity contribution < 1.29 is 13.5 Å². The van der Waals surface area contributed by atoms with Gasteiger partial charge in [0.15, 0.2) is 5.75 Å². The topological polar surface area (TPSA) is 116 Å². The van der Waals surface area contributed by atoms with E-state index in [2.05, 4.69) is 30.5 Å². The molecular formula is C24H27N3O5S. The summed E-state index contributed by atoms with van der Waals surface area (Å²) in [7, 11) is -1.19. The number of nitrogens with zero attached hydrogens (tertiary/aromatic N) is 1. The first-order valence-corrected chi connectivity index (χ1v) is 12.1. The number of phenolic OH excluding ortho intramolecular Hbond substituents is 1. The molecule has 0 aliphatic heterocycles. The highest BCUT2D eigenvalue weighted by molar-refractivity contribution is 7.89. The van der Waals surface area contributed by atoms with Gasteiger partial charge in [-0.1, -0.05) is 44.2 Å². The van der Waals surface area contributed by atoms with Gasteiger partial charge in [0.05, 0.1) is 11.7 Å². The molecule has 0 fully saturated rings. The minimum atomic E-state index is -3.90. The Morgan fingerprint density at radius 3 is 2.36 bits per heavy atom. The standard InChI is InChI=1S/C24H27N3O5S/c1-24(2)13-12-14-8-5-6-9-15(14)23(24)26-19-18(21(29)22(19)30)25-16-10-7-11-17(20(16)28)33(31,32)27(3)4/h5-11,23,25-26,28H,12-13H2,1-4H3. The molecule has 174 valence electrons. The van der Waals surface area contributed by atoms with Crippen LogP contribution in [0.1, 0.15) is 37.4 Å². The van der Waals surface area contributed by atoms with Crippen LogP contribution in [0.25, 0.3) is 0 Å². The second kappa shape index (κ2) is 8.00. The van der Waals surface area contributed by atoms with Crippen molar-refractivity contribution >= 4 is 27.1 Å².